The topological polar surface area (TPSA) is 84.2 Å². The van der Waals surface area contributed by atoms with Crippen LogP contribution < -0.4 is 0 Å². The Balaban J connectivity index is 2.33. The second kappa shape index (κ2) is 8.17. The maximum absolute atomic E-state index is 12.5. The third-order valence-corrected chi connectivity index (χ3v) is 4.83. The van der Waals surface area contributed by atoms with Crippen molar-refractivity contribution in [2.45, 2.75) is 80.4 Å². The molecule has 2 N–H and O–H groups in total. The Kier molecular flexibility index (Phi) is 6.40. The van der Waals surface area contributed by atoms with E-state index in [0.717, 1.165) is 33.6 Å². The number of aromatic amines is 2. The monoisotopic (exact) mass is 414 g/mol. The lowest BCUT2D eigenvalue weighted by atomic mass is 10.1. The first-order chi connectivity index (χ1) is 13.6. The van der Waals surface area contributed by atoms with Gasteiger partial charge in [0.05, 0.1) is 0 Å². The van der Waals surface area contributed by atoms with Gasteiger partial charge < -0.3 is 19.4 Å². The molecule has 30 heavy (non-hydrogen) atoms. The summed E-state index contributed by atoms with van der Waals surface area (Å²) >= 11 is 0. The van der Waals surface area contributed by atoms with Crippen LogP contribution in [-0.2, 0) is 9.47 Å². The Morgan fingerprint density at radius 3 is 1.20 bits per heavy atom. The zero-order chi connectivity index (χ0) is 23.0. The summed E-state index contributed by atoms with van der Waals surface area (Å²) in [5.41, 5.74) is 5.09. The molecular formula is C24H34N2O4. The predicted octanol–water partition coefficient (Wildman–Crippen LogP) is 5.66. The average Bonchev–Trinajstić information content (AvgIpc) is 3.01. The molecule has 0 amide bonds. The molecule has 0 atom stereocenters. The predicted molar refractivity (Wildman–Crippen MR) is 120 cm³/mol. The van der Waals surface area contributed by atoms with Crippen molar-refractivity contribution >= 4 is 24.1 Å². The maximum atomic E-state index is 12.5. The highest BCUT2D eigenvalue weighted by molar-refractivity contribution is 5.92. The molecule has 0 fully saturated rings. The van der Waals surface area contributed by atoms with Crippen LogP contribution in [0.25, 0.3) is 12.2 Å². The third kappa shape index (κ3) is 5.43. The largest absolute Gasteiger partial charge is 0.455 e. The summed E-state index contributed by atoms with van der Waals surface area (Å²) in [5, 5.41) is 0. The number of ether oxygens (including phenoxy) is 2. The number of aromatic nitrogens is 2. The van der Waals surface area contributed by atoms with Gasteiger partial charge in [-0.2, -0.15) is 0 Å². The van der Waals surface area contributed by atoms with E-state index in [2.05, 4.69) is 9.97 Å². The number of hydrogen-bond donors (Lipinski definition) is 2. The summed E-state index contributed by atoms with van der Waals surface area (Å²) in [6.07, 6.45) is 3.79. The molecule has 164 valence electrons. The van der Waals surface area contributed by atoms with Crippen LogP contribution in [-0.4, -0.2) is 33.1 Å². The van der Waals surface area contributed by atoms with E-state index in [1.165, 1.54) is 0 Å². The summed E-state index contributed by atoms with van der Waals surface area (Å²) in [5.74, 6) is -0.747. The van der Waals surface area contributed by atoms with Gasteiger partial charge in [-0.25, -0.2) is 9.59 Å². The Labute approximate surface area is 179 Å². The molecule has 0 saturated heterocycles. The van der Waals surface area contributed by atoms with Gasteiger partial charge in [0.2, 0.25) is 0 Å². The van der Waals surface area contributed by atoms with Gasteiger partial charge in [0, 0.05) is 11.4 Å². The SMILES string of the molecule is Cc1c(C=Cc2[nH]c(C(=O)OC(C)(C)C)c(C)c2C)[nH]c(C(=O)OC(C)(C)C)c1C. The minimum atomic E-state index is -0.560. The number of H-pyrrole nitrogens is 2. The summed E-state index contributed by atoms with van der Waals surface area (Å²) in [6.45, 7) is 18.8. The number of carbonyl (C=O) groups excluding carboxylic acids is 2. The lowest BCUT2D eigenvalue weighted by Gasteiger charge is -2.19. The van der Waals surface area contributed by atoms with Crippen molar-refractivity contribution < 1.29 is 19.1 Å². The lowest BCUT2D eigenvalue weighted by molar-refractivity contribution is 0.00502. The fraction of sp³-hybridized carbons (Fsp3) is 0.500. The van der Waals surface area contributed by atoms with Gasteiger partial charge in [0.1, 0.15) is 22.6 Å². The van der Waals surface area contributed by atoms with Crippen molar-refractivity contribution in [2.24, 2.45) is 0 Å². The van der Waals surface area contributed by atoms with E-state index >= 15 is 0 Å². The number of carbonyl (C=O) groups is 2. The van der Waals surface area contributed by atoms with Gasteiger partial charge in [0.15, 0.2) is 0 Å². The Bertz CT molecular complexity index is 912. The molecule has 0 aliphatic rings. The lowest BCUT2D eigenvalue weighted by Crippen LogP contribution is -2.24. The maximum Gasteiger partial charge on any atom is 0.355 e. The highest BCUT2D eigenvalue weighted by atomic mass is 16.6. The van der Waals surface area contributed by atoms with Gasteiger partial charge in [0.25, 0.3) is 0 Å². The molecule has 0 bridgehead atoms. The van der Waals surface area contributed by atoms with Crippen LogP contribution in [0.2, 0.25) is 0 Å². The van der Waals surface area contributed by atoms with E-state index in [-0.39, 0.29) is 11.9 Å². The highest BCUT2D eigenvalue weighted by Gasteiger charge is 2.24. The van der Waals surface area contributed by atoms with Gasteiger partial charge in [-0.05, 0) is 104 Å². The molecule has 0 aliphatic heterocycles. The highest BCUT2D eigenvalue weighted by Crippen LogP contribution is 2.25. The zero-order valence-electron chi connectivity index (χ0n) is 19.8. The van der Waals surface area contributed by atoms with Crippen LogP contribution >= 0.6 is 0 Å². The Morgan fingerprint density at radius 2 is 0.933 bits per heavy atom. The van der Waals surface area contributed by atoms with Crippen LogP contribution in [0.15, 0.2) is 0 Å². The molecule has 0 spiro atoms. The smallest absolute Gasteiger partial charge is 0.355 e. The first-order valence-corrected chi connectivity index (χ1v) is 10.1. The second-order valence-corrected chi connectivity index (χ2v) is 9.66. The minimum absolute atomic E-state index is 0.373. The van der Waals surface area contributed by atoms with Crippen LogP contribution in [0.1, 0.15) is 96.2 Å². The van der Waals surface area contributed by atoms with Crippen molar-refractivity contribution in [3.8, 4) is 0 Å². The standard InChI is InChI=1S/C24H34N2O4/c1-13-15(3)19(21(27)29-23(5,6)7)25-17(13)11-12-18-14(2)16(4)20(26-18)22(28)30-24(8,9)10/h11-12,25-26H,1-10H3. The number of rotatable bonds is 4. The van der Waals surface area contributed by atoms with Crippen molar-refractivity contribution in [1.82, 2.24) is 9.97 Å². The van der Waals surface area contributed by atoms with Gasteiger partial charge >= 0.3 is 11.9 Å². The molecule has 0 unspecified atom stereocenters. The molecular weight excluding hydrogens is 380 g/mol. The van der Waals surface area contributed by atoms with Crippen molar-refractivity contribution in [3.63, 3.8) is 0 Å². The van der Waals surface area contributed by atoms with Crippen molar-refractivity contribution in [3.05, 3.63) is 45.0 Å². The Hall–Kier alpha value is -2.76. The summed E-state index contributed by atoms with van der Waals surface area (Å²) < 4.78 is 11.0. The van der Waals surface area contributed by atoms with E-state index in [0.29, 0.717) is 11.4 Å². The Morgan fingerprint density at radius 1 is 0.633 bits per heavy atom. The van der Waals surface area contributed by atoms with Crippen LogP contribution in [0, 0.1) is 27.7 Å². The normalized spacial score (nSPS) is 12.5. The second-order valence-electron chi connectivity index (χ2n) is 9.66. The molecule has 0 radical (unpaired) electrons. The van der Waals surface area contributed by atoms with Crippen LogP contribution in [0.4, 0.5) is 0 Å². The van der Waals surface area contributed by atoms with Crippen LogP contribution in [0.5, 0.6) is 0 Å². The first kappa shape index (κ1) is 23.5. The van der Waals surface area contributed by atoms with E-state index in [4.69, 9.17) is 9.47 Å². The molecule has 6 nitrogen and oxygen atoms in total. The van der Waals surface area contributed by atoms with Crippen molar-refractivity contribution in [1.29, 1.82) is 0 Å². The fourth-order valence-electron chi connectivity index (χ4n) is 2.99. The molecule has 6 heteroatoms. The third-order valence-electron chi connectivity index (χ3n) is 4.83. The molecule has 0 aromatic carbocycles. The number of nitrogens with one attached hydrogen (secondary N) is 2. The molecule has 2 aromatic rings. The molecule has 2 aromatic heterocycles. The summed E-state index contributed by atoms with van der Waals surface area (Å²) in [6, 6.07) is 0. The van der Waals surface area contributed by atoms with E-state index in [9.17, 15) is 9.59 Å². The molecule has 0 saturated carbocycles. The van der Waals surface area contributed by atoms with Crippen LogP contribution in [0.3, 0.4) is 0 Å². The average molecular weight is 415 g/mol. The van der Waals surface area contributed by atoms with Gasteiger partial charge in [-0.15, -0.1) is 0 Å². The number of esters is 2. The van der Waals surface area contributed by atoms with E-state index < -0.39 is 11.2 Å². The molecule has 0 aliphatic carbocycles. The minimum Gasteiger partial charge on any atom is -0.455 e. The first-order valence-electron chi connectivity index (χ1n) is 10.1. The van der Waals surface area contributed by atoms with E-state index in [1.807, 2.05) is 81.4 Å². The molecule has 2 heterocycles. The van der Waals surface area contributed by atoms with Gasteiger partial charge in [-0.3, -0.25) is 0 Å². The quantitative estimate of drug-likeness (QED) is 0.633. The molecule has 2 rings (SSSR count). The van der Waals surface area contributed by atoms with E-state index in [1.54, 1.807) is 0 Å². The zero-order valence-corrected chi connectivity index (χ0v) is 19.8. The summed E-state index contributed by atoms with van der Waals surface area (Å²) in [4.78, 5) is 31.3. The van der Waals surface area contributed by atoms with Crippen molar-refractivity contribution in [2.75, 3.05) is 0 Å². The fourth-order valence-corrected chi connectivity index (χ4v) is 2.99. The van der Waals surface area contributed by atoms with Gasteiger partial charge in [-0.1, -0.05) is 0 Å². The summed E-state index contributed by atoms with van der Waals surface area (Å²) in [7, 11) is 0. The number of hydrogen-bond acceptors (Lipinski definition) is 4.